The van der Waals surface area contributed by atoms with Crippen LogP contribution in [0, 0.1) is 15.9 Å². The summed E-state index contributed by atoms with van der Waals surface area (Å²) in [6, 6.07) is 3.20. The van der Waals surface area contributed by atoms with Gasteiger partial charge in [-0.3, -0.25) is 14.9 Å². The highest BCUT2D eigenvalue weighted by molar-refractivity contribution is 5.70. The van der Waals surface area contributed by atoms with E-state index in [-0.39, 0.29) is 30.9 Å². The Morgan fingerprint density at radius 2 is 2.28 bits per heavy atom. The van der Waals surface area contributed by atoms with Gasteiger partial charge >= 0.3 is 5.97 Å². The molecule has 0 fully saturated rings. The summed E-state index contributed by atoms with van der Waals surface area (Å²) >= 11 is 0. The highest BCUT2D eigenvalue weighted by atomic mass is 19.1. The Balaban J connectivity index is 2.62. The van der Waals surface area contributed by atoms with Crippen molar-refractivity contribution in [2.45, 2.75) is 13.3 Å². The number of nitrogens with zero attached hydrogens (tertiary/aromatic N) is 1. The fourth-order valence-corrected chi connectivity index (χ4v) is 1.34. The highest BCUT2D eigenvalue weighted by Gasteiger charge is 2.14. The van der Waals surface area contributed by atoms with Gasteiger partial charge in [0.05, 0.1) is 24.0 Å². The van der Waals surface area contributed by atoms with Crippen LogP contribution in [0.2, 0.25) is 0 Å². The Morgan fingerprint density at radius 3 is 2.89 bits per heavy atom. The van der Waals surface area contributed by atoms with Gasteiger partial charge in [0.15, 0.2) is 0 Å². The number of hydrogen-bond donors (Lipinski definition) is 1. The van der Waals surface area contributed by atoms with Crippen LogP contribution in [-0.2, 0) is 9.53 Å². The lowest BCUT2D eigenvalue weighted by Gasteiger charge is -2.06. The van der Waals surface area contributed by atoms with Crippen LogP contribution in [0.1, 0.15) is 13.3 Å². The first-order valence-corrected chi connectivity index (χ1v) is 5.38. The fourth-order valence-electron chi connectivity index (χ4n) is 1.34. The zero-order valence-electron chi connectivity index (χ0n) is 9.81. The first-order valence-electron chi connectivity index (χ1n) is 5.38. The van der Waals surface area contributed by atoms with Crippen molar-refractivity contribution in [2.75, 3.05) is 18.5 Å². The summed E-state index contributed by atoms with van der Waals surface area (Å²) in [6.45, 7) is 2.16. The van der Waals surface area contributed by atoms with E-state index >= 15 is 0 Å². The topological polar surface area (TPSA) is 81.5 Å². The Morgan fingerprint density at radius 1 is 1.56 bits per heavy atom. The van der Waals surface area contributed by atoms with E-state index in [1.165, 1.54) is 6.07 Å². The number of nitrogens with one attached hydrogen (secondary N) is 1. The fraction of sp³-hybridized carbons (Fsp3) is 0.364. The maximum atomic E-state index is 12.9. The number of ether oxygens (including phenoxy) is 1. The van der Waals surface area contributed by atoms with Gasteiger partial charge in [-0.25, -0.2) is 4.39 Å². The number of esters is 1. The van der Waals surface area contributed by atoms with Crippen molar-refractivity contribution in [1.29, 1.82) is 0 Å². The number of rotatable bonds is 6. The van der Waals surface area contributed by atoms with Crippen LogP contribution in [0.25, 0.3) is 0 Å². The average molecular weight is 256 g/mol. The van der Waals surface area contributed by atoms with Gasteiger partial charge in [-0.1, -0.05) is 0 Å². The van der Waals surface area contributed by atoms with Gasteiger partial charge < -0.3 is 10.1 Å². The van der Waals surface area contributed by atoms with Crippen LogP contribution in [-0.4, -0.2) is 24.0 Å². The molecule has 7 heteroatoms. The van der Waals surface area contributed by atoms with E-state index in [2.05, 4.69) is 5.32 Å². The van der Waals surface area contributed by atoms with Crippen LogP contribution in [0.3, 0.4) is 0 Å². The van der Waals surface area contributed by atoms with Crippen LogP contribution >= 0.6 is 0 Å². The van der Waals surface area contributed by atoms with E-state index in [0.717, 1.165) is 12.1 Å². The predicted octanol–water partition coefficient (Wildman–Crippen LogP) is 2.10. The number of halogens is 1. The molecule has 0 spiro atoms. The molecule has 0 aliphatic rings. The number of nitro benzene ring substituents is 1. The number of carbonyl (C=O) groups excluding carboxylic acids is 1. The minimum absolute atomic E-state index is 0.0857. The van der Waals surface area contributed by atoms with Gasteiger partial charge in [0.1, 0.15) is 11.5 Å². The second kappa shape index (κ2) is 6.53. The molecular formula is C11H13FN2O4. The molecule has 18 heavy (non-hydrogen) atoms. The van der Waals surface area contributed by atoms with E-state index in [9.17, 15) is 19.3 Å². The van der Waals surface area contributed by atoms with Gasteiger partial charge in [0.2, 0.25) is 0 Å². The Labute approximate surface area is 103 Å². The Bertz CT molecular complexity index is 451. The van der Waals surface area contributed by atoms with E-state index in [1.807, 2.05) is 0 Å². The minimum Gasteiger partial charge on any atom is -0.466 e. The number of nitro groups is 1. The molecule has 0 aliphatic carbocycles. The highest BCUT2D eigenvalue weighted by Crippen LogP contribution is 2.24. The molecule has 0 saturated heterocycles. The third kappa shape index (κ3) is 4.00. The predicted molar refractivity (Wildman–Crippen MR) is 62.8 cm³/mol. The standard InChI is InChI=1S/C11H13FN2O4/c1-2-18-11(15)5-6-13-9-4-3-8(12)7-10(9)14(16)17/h3-4,7,13H,2,5-6H2,1H3. The third-order valence-corrected chi connectivity index (χ3v) is 2.11. The SMILES string of the molecule is CCOC(=O)CCNc1ccc(F)cc1[N+](=O)[O-]. The Hall–Kier alpha value is -2.18. The molecule has 0 atom stereocenters. The number of carbonyl (C=O) groups is 1. The van der Waals surface area contributed by atoms with Crippen molar-refractivity contribution in [3.05, 3.63) is 34.1 Å². The van der Waals surface area contributed by atoms with E-state index in [4.69, 9.17) is 4.74 Å². The molecule has 0 heterocycles. The average Bonchev–Trinajstić information content (AvgIpc) is 2.31. The summed E-state index contributed by atoms with van der Waals surface area (Å²) < 4.78 is 17.6. The summed E-state index contributed by atoms with van der Waals surface area (Å²) in [6.07, 6.45) is 0.0857. The second-order valence-electron chi connectivity index (χ2n) is 3.40. The largest absolute Gasteiger partial charge is 0.466 e. The quantitative estimate of drug-likeness (QED) is 0.479. The van der Waals surface area contributed by atoms with Gasteiger partial charge in [-0.05, 0) is 19.1 Å². The van der Waals surface area contributed by atoms with Crippen molar-refractivity contribution < 1.29 is 18.8 Å². The molecule has 1 aromatic carbocycles. The maximum Gasteiger partial charge on any atom is 0.307 e. The molecule has 0 bridgehead atoms. The smallest absolute Gasteiger partial charge is 0.307 e. The van der Waals surface area contributed by atoms with Gasteiger partial charge in [-0.2, -0.15) is 0 Å². The lowest BCUT2D eigenvalue weighted by atomic mass is 10.2. The summed E-state index contributed by atoms with van der Waals surface area (Å²) in [7, 11) is 0. The van der Waals surface area contributed by atoms with E-state index in [1.54, 1.807) is 6.92 Å². The first kappa shape index (κ1) is 13.9. The molecule has 0 amide bonds. The molecule has 1 rings (SSSR count). The zero-order valence-corrected chi connectivity index (χ0v) is 9.81. The van der Waals surface area contributed by atoms with E-state index < -0.39 is 16.7 Å². The second-order valence-corrected chi connectivity index (χ2v) is 3.40. The summed E-state index contributed by atoms with van der Waals surface area (Å²) in [5.41, 5.74) is -0.190. The molecule has 1 N–H and O–H groups in total. The Kier molecular flexibility index (Phi) is 5.04. The van der Waals surface area contributed by atoms with Crippen molar-refractivity contribution in [2.24, 2.45) is 0 Å². The molecule has 0 unspecified atom stereocenters. The molecule has 6 nitrogen and oxygen atoms in total. The van der Waals surface area contributed by atoms with Crippen molar-refractivity contribution in [3.8, 4) is 0 Å². The summed E-state index contributed by atoms with van der Waals surface area (Å²) in [4.78, 5) is 21.0. The first-order chi connectivity index (χ1) is 8.54. The number of anilines is 1. The summed E-state index contributed by atoms with van der Waals surface area (Å²) in [5.74, 6) is -1.08. The van der Waals surface area contributed by atoms with Crippen molar-refractivity contribution >= 4 is 17.3 Å². The normalized spacial score (nSPS) is 9.89. The van der Waals surface area contributed by atoms with Crippen LogP contribution in [0.15, 0.2) is 18.2 Å². The monoisotopic (exact) mass is 256 g/mol. The third-order valence-electron chi connectivity index (χ3n) is 2.11. The molecule has 0 aliphatic heterocycles. The number of hydrogen-bond acceptors (Lipinski definition) is 5. The summed E-state index contributed by atoms with van der Waals surface area (Å²) in [5, 5.41) is 13.4. The lowest BCUT2D eigenvalue weighted by Crippen LogP contribution is -2.12. The minimum atomic E-state index is -0.685. The van der Waals surface area contributed by atoms with Gasteiger partial charge in [0.25, 0.3) is 5.69 Å². The van der Waals surface area contributed by atoms with Crippen LogP contribution in [0.4, 0.5) is 15.8 Å². The van der Waals surface area contributed by atoms with Gasteiger partial charge in [-0.15, -0.1) is 0 Å². The van der Waals surface area contributed by atoms with E-state index in [0.29, 0.717) is 0 Å². The van der Waals surface area contributed by atoms with Crippen molar-refractivity contribution in [1.82, 2.24) is 0 Å². The molecule has 1 aromatic rings. The molecular weight excluding hydrogens is 243 g/mol. The van der Waals surface area contributed by atoms with Gasteiger partial charge in [0, 0.05) is 6.54 Å². The molecule has 0 aromatic heterocycles. The lowest BCUT2D eigenvalue weighted by molar-refractivity contribution is -0.384. The van der Waals surface area contributed by atoms with Crippen molar-refractivity contribution in [3.63, 3.8) is 0 Å². The molecule has 98 valence electrons. The van der Waals surface area contributed by atoms with Crippen LogP contribution < -0.4 is 5.32 Å². The molecule has 0 saturated carbocycles. The molecule has 0 radical (unpaired) electrons. The maximum absolute atomic E-state index is 12.9. The van der Waals surface area contributed by atoms with Crippen LogP contribution in [0.5, 0.6) is 0 Å². The zero-order chi connectivity index (χ0) is 13.5. The number of benzene rings is 1.